The van der Waals surface area contributed by atoms with Gasteiger partial charge in [-0.3, -0.25) is 0 Å². The molecule has 0 spiro atoms. The molecule has 0 aromatic heterocycles. The molecule has 2 aromatic rings. The maximum Gasteiger partial charge on any atom is 0.204 e. The molecule has 0 aliphatic heterocycles. The van der Waals surface area contributed by atoms with E-state index in [1.165, 1.54) is 192 Å². The largest absolute Gasteiger partial charge is 0.382 e. The second kappa shape index (κ2) is 34.7. The van der Waals surface area contributed by atoms with Crippen LogP contribution in [0, 0.1) is 0 Å². The van der Waals surface area contributed by atoms with Crippen molar-refractivity contribution in [2.75, 3.05) is 5.32 Å². The van der Waals surface area contributed by atoms with E-state index in [-0.39, 0.29) is 11.3 Å². The maximum atomic E-state index is 12.8. The smallest absolute Gasteiger partial charge is 0.204 e. The Kier molecular flexibility index (Phi) is 31.1. The highest BCUT2D eigenvalue weighted by atomic mass is 32.2. The molecular weight excluding hydrogens is 719 g/mol. The molecule has 0 aliphatic carbocycles. The van der Waals surface area contributed by atoms with Crippen LogP contribution in [0.1, 0.15) is 244 Å². The molecule has 4 nitrogen and oxygen atoms in total. The summed E-state index contributed by atoms with van der Waals surface area (Å²) in [5, 5.41) is 14.2. The quantitative estimate of drug-likeness (QED) is 0.0521. The second-order valence-electron chi connectivity index (χ2n) is 17.3. The van der Waals surface area contributed by atoms with E-state index in [4.69, 9.17) is 0 Å². The zero-order valence-corrected chi connectivity index (χ0v) is 38.3. The average molecular weight is 808 g/mol. The van der Waals surface area contributed by atoms with E-state index in [9.17, 15) is 13.5 Å². The molecule has 5 heteroatoms. The number of anilines is 1. The van der Waals surface area contributed by atoms with Crippen LogP contribution in [0.3, 0.4) is 0 Å². The fourth-order valence-corrected chi connectivity index (χ4v) is 9.36. The summed E-state index contributed by atoms with van der Waals surface area (Å²) >= 11 is 0. The minimum absolute atomic E-state index is 0.182. The van der Waals surface area contributed by atoms with E-state index in [0.29, 0.717) is 12.5 Å². The van der Waals surface area contributed by atoms with Crippen LogP contribution in [0.2, 0.25) is 0 Å². The SMILES string of the molecule is CCCCCCCCCCCCCCCCC(CCCCCCCCCCCCCCC)Nc1ccc(C=Cc2ccc(S(=O)(=O)C(O)CCCCC)cc2)cc1. The van der Waals surface area contributed by atoms with Crippen LogP contribution in [0.15, 0.2) is 53.4 Å². The van der Waals surface area contributed by atoms with Gasteiger partial charge in [-0.25, -0.2) is 8.42 Å². The Hall–Kier alpha value is -2.11. The normalized spacial score (nSPS) is 13.1. The molecule has 326 valence electrons. The molecule has 0 saturated heterocycles. The third-order valence-electron chi connectivity index (χ3n) is 11.9. The van der Waals surface area contributed by atoms with Crippen LogP contribution in [0.5, 0.6) is 0 Å². The minimum Gasteiger partial charge on any atom is -0.382 e. The molecule has 2 N–H and O–H groups in total. The number of rotatable bonds is 39. The molecule has 0 heterocycles. The lowest BCUT2D eigenvalue weighted by molar-refractivity contribution is 0.234. The predicted molar refractivity (Wildman–Crippen MR) is 252 cm³/mol. The van der Waals surface area contributed by atoms with E-state index in [0.717, 1.165) is 24.0 Å². The molecule has 0 aliphatic rings. The Morgan fingerprint density at radius 3 is 1.11 bits per heavy atom. The fraction of sp³-hybridized carbons (Fsp3) is 0.731. The number of hydrogen-bond donors (Lipinski definition) is 2. The maximum absolute atomic E-state index is 12.8. The third kappa shape index (κ3) is 25.9. The zero-order chi connectivity index (χ0) is 41.1. The minimum atomic E-state index is -3.73. The second-order valence-corrected chi connectivity index (χ2v) is 19.4. The van der Waals surface area contributed by atoms with E-state index in [1.54, 1.807) is 12.1 Å². The molecular formula is C52H89NO3S. The van der Waals surface area contributed by atoms with Crippen LogP contribution in [-0.2, 0) is 9.84 Å². The molecule has 0 radical (unpaired) electrons. The van der Waals surface area contributed by atoms with Crippen molar-refractivity contribution < 1.29 is 13.5 Å². The molecule has 2 rings (SSSR count). The van der Waals surface area contributed by atoms with Crippen molar-refractivity contribution >= 4 is 27.7 Å². The first-order chi connectivity index (χ1) is 27.9. The lowest BCUT2D eigenvalue weighted by Gasteiger charge is -2.20. The van der Waals surface area contributed by atoms with Gasteiger partial charge in [-0.1, -0.05) is 243 Å². The third-order valence-corrected chi connectivity index (χ3v) is 13.8. The van der Waals surface area contributed by atoms with Crippen LogP contribution < -0.4 is 5.32 Å². The van der Waals surface area contributed by atoms with Crippen molar-refractivity contribution in [3.8, 4) is 0 Å². The highest BCUT2D eigenvalue weighted by Gasteiger charge is 2.24. The van der Waals surface area contributed by atoms with Gasteiger partial charge in [0.25, 0.3) is 0 Å². The lowest BCUT2D eigenvalue weighted by atomic mass is 9.99. The predicted octanol–water partition coefficient (Wildman–Crippen LogP) is 16.7. The molecule has 0 amide bonds. The number of aliphatic hydroxyl groups excluding tert-OH is 1. The number of aliphatic hydroxyl groups is 1. The summed E-state index contributed by atoms with van der Waals surface area (Å²) in [5.41, 5.74) is 1.90. The topological polar surface area (TPSA) is 66.4 Å². The van der Waals surface area contributed by atoms with Gasteiger partial charge in [0.15, 0.2) is 5.44 Å². The van der Waals surface area contributed by atoms with Gasteiger partial charge < -0.3 is 10.4 Å². The highest BCUT2D eigenvalue weighted by molar-refractivity contribution is 7.91. The van der Waals surface area contributed by atoms with Gasteiger partial charge in [0, 0.05) is 11.7 Å². The first-order valence-electron chi connectivity index (χ1n) is 24.5. The average Bonchev–Trinajstić information content (AvgIpc) is 3.22. The summed E-state index contributed by atoms with van der Waals surface area (Å²) in [4.78, 5) is 0.182. The fourth-order valence-electron chi connectivity index (χ4n) is 8.05. The van der Waals surface area contributed by atoms with Gasteiger partial charge in [0.2, 0.25) is 9.84 Å². The van der Waals surface area contributed by atoms with Crippen molar-refractivity contribution in [3.63, 3.8) is 0 Å². The number of benzene rings is 2. The Morgan fingerprint density at radius 1 is 0.439 bits per heavy atom. The summed E-state index contributed by atoms with van der Waals surface area (Å²) in [7, 11) is -3.73. The molecule has 0 fully saturated rings. The number of sulfone groups is 1. The van der Waals surface area contributed by atoms with E-state index in [1.807, 2.05) is 18.2 Å². The van der Waals surface area contributed by atoms with Crippen LogP contribution in [0.25, 0.3) is 12.2 Å². The Bertz CT molecular complexity index is 1320. The van der Waals surface area contributed by atoms with Crippen LogP contribution >= 0.6 is 0 Å². The van der Waals surface area contributed by atoms with Gasteiger partial charge in [0.1, 0.15) is 0 Å². The van der Waals surface area contributed by atoms with Crippen LogP contribution in [-0.4, -0.2) is 25.0 Å². The molecule has 57 heavy (non-hydrogen) atoms. The summed E-state index contributed by atoms with van der Waals surface area (Å²) in [6.45, 7) is 6.66. The number of nitrogens with one attached hydrogen (secondary N) is 1. The van der Waals surface area contributed by atoms with Gasteiger partial charge >= 0.3 is 0 Å². The molecule has 2 aromatic carbocycles. The number of unbranched alkanes of at least 4 members (excludes halogenated alkanes) is 27. The summed E-state index contributed by atoms with van der Waals surface area (Å²) < 4.78 is 25.6. The molecule has 2 atom stereocenters. The Morgan fingerprint density at radius 2 is 0.737 bits per heavy atom. The molecule has 0 saturated carbocycles. The van der Waals surface area contributed by atoms with Crippen molar-refractivity contribution in [2.45, 2.75) is 249 Å². The Labute approximate surface area is 353 Å². The molecule has 0 bridgehead atoms. The van der Waals surface area contributed by atoms with Gasteiger partial charge in [-0.2, -0.15) is 0 Å². The monoisotopic (exact) mass is 808 g/mol. The van der Waals surface area contributed by atoms with Crippen LogP contribution in [0.4, 0.5) is 5.69 Å². The highest BCUT2D eigenvalue weighted by Crippen LogP contribution is 2.23. The summed E-state index contributed by atoms with van der Waals surface area (Å²) in [5.74, 6) is 0. The van der Waals surface area contributed by atoms with Crippen molar-refractivity contribution in [3.05, 3.63) is 59.7 Å². The van der Waals surface area contributed by atoms with Crippen molar-refractivity contribution in [1.82, 2.24) is 0 Å². The first-order valence-corrected chi connectivity index (χ1v) is 26.0. The van der Waals surface area contributed by atoms with E-state index in [2.05, 4.69) is 56.4 Å². The molecule has 2 unspecified atom stereocenters. The lowest BCUT2D eigenvalue weighted by Crippen LogP contribution is -2.20. The van der Waals surface area contributed by atoms with Gasteiger partial charge in [-0.15, -0.1) is 0 Å². The van der Waals surface area contributed by atoms with Crippen molar-refractivity contribution in [2.24, 2.45) is 0 Å². The van der Waals surface area contributed by atoms with Crippen molar-refractivity contribution in [1.29, 1.82) is 0 Å². The first kappa shape index (κ1) is 51.0. The summed E-state index contributed by atoms with van der Waals surface area (Å²) in [6.07, 6.45) is 47.3. The number of hydrogen-bond acceptors (Lipinski definition) is 4. The van der Waals surface area contributed by atoms with Gasteiger partial charge in [0.05, 0.1) is 4.90 Å². The Balaban J connectivity index is 1.78. The van der Waals surface area contributed by atoms with Gasteiger partial charge in [-0.05, 0) is 61.1 Å². The zero-order valence-electron chi connectivity index (χ0n) is 37.4. The summed E-state index contributed by atoms with van der Waals surface area (Å²) in [6, 6.07) is 16.1. The van der Waals surface area contributed by atoms with E-state index >= 15 is 0 Å². The van der Waals surface area contributed by atoms with E-state index < -0.39 is 15.3 Å². The standard InChI is InChI=1S/C52H89NO3S/c1-4-7-10-12-14-16-18-20-22-24-26-28-30-33-35-49(34-32-29-27-25-23-21-19-17-15-13-11-8-5-2)53-50-43-39-47(40-44-50)37-38-48-41-45-51(46-42-48)57(55,56)52(54)36-31-9-6-3/h37-46,49,52-54H,4-36H2,1-3H3.